The molecule has 1 rings (SSSR count). The Morgan fingerprint density at radius 2 is 2.38 bits per heavy atom. The van der Waals surface area contributed by atoms with Gasteiger partial charge in [-0.05, 0) is 22.4 Å². The number of rotatable bonds is 5. The van der Waals surface area contributed by atoms with Gasteiger partial charge < -0.3 is 5.11 Å². The molecule has 0 saturated carbocycles. The number of pyridine rings is 1. The lowest BCUT2D eigenvalue weighted by molar-refractivity contribution is -0.385. The Morgan fingerprint density at radius 1 is 1.69 bits per heavy atom. The van der Waals surface area contributed by atoms with Gasteiger partial charge in [-0.25, -0.2) is 0 Å². The summed E-state index contributed by atoms with van der Waals surface area (Å²) in [5.41, 5.74) is 0.590. The van der Waals surface area contributed by atoms with Crippen molar-refractivity contribution in [2.75, 3.05) is 0 Å². The van der Waals surface area contributed by atoms with Crippen molar-refractivity contribution < 1.29 is 10.0 Å². The van der Waals surface area contributed by atoms with E-state index in [0.717, 1.165) is 6.42 Å². The Bertz CT molecular complexity index is 384. The van der Waals surface area contributed by atoms with Crippen molar-refractivity contribution in [2.24, 2.45) is 0 Å². The van der Waals surface area contributed by atoms with E-state index in [9.17, 15) is 15.2 Å². The number of halogens is 1. The van der Waals surface area contributed by atoms with E-state index in [2.05, 4.69) is 20.9 Å². The Hall–Kier alpha value is -1.01. The first-order chi connectivity index (χ1) is 7.54. The van der Waals surface area contributed by atoms with Gasteiger partial charge in [0.2, 0.25) is 0 Å². The fourth-order valence-electron chi connectivity index (χ4n) is 1.36. The molecule has 0 aliphatic heterocycles. The lowest BCUT2D eigenvalue weighted by Gasteiger charge is -2.09. The van der Waals surface area contributed by atoms with Crippen molar-refractivity contribution in [2.45, 2.75) is 32.3 Å². The number of aliphatic hydroxyl groups is 1. The minimum Gasteiger partial charge on any atom is -0.393 e. The lowest BCUT2D eigenvalue weighted by Crippen LogP contribution is -2.11. The topological polar surface area (TPSA) is 76.3 Å². The van der Waals surface area contributed by atoms with Crippen molar-refractivity contribution in [1.29, 1.82) is 0 Å². The molecule has 0 bridgehead atoms. The van der Waals surface area contributed by atoms with Crippen molar-refractivity contribution in [3.63, 3.8) is 0 Å². The van der Waals surface area contributed by atoms with Crippen LogP contribution < -0.4 is 0 Å². The molecule has 0 radical (unpaired) electrons. The minimum atomic E-state index is -0.496. The van der Waals surface area contributed by atoms with E-state index in [1.165, 1.54) is 12.3 Å². The molecular formula is C10H13BrN2O3. The van der Waals surface area contributed by atoms with Gasteiger partial charge in [0.05, 0.1) is 16.7 Å². The molecule has 0 aromatic carbocycles. The number of hydrogen-bond acceptors (Lipinski definition) is 4. The van der Waals surface area contributed by atoms with Gasteiger partial charge in [-0.2, -0.15) is 0 Å². The molecule has 16 heavy (non-hydrogen) atoms. The summed E-state index contributed by atoms with van der Waals surface area (Å²) in [7, 11) is 0. The molecule has 1 unspecified atom stereocenters. The maximum Gasteiger partial charge on any atom is 0.288 e. The third kappa shape index (κ3) is 3.53. The monoisotopic (exact) mass is 288 g/mol. The van der Waals surface area contributed by atoms with Crippen LogP contribution >= 0.6 is 15.9 Å². The van der Waals surface area contributed by atoms with Gasteiger partial charge in [0, 0.05) is 17.0 Å². The molecule has 5 nitrogen and oxygen atoms in total. The summed E-state index contributed by atoms with van der Waals surface area (Å²) in [6, 6.07) is 1.40. The molecule has 0 amide bonds. The van der Waals surface area contributed by atoms with E-state index in [-0.39, 0.29) is 5.69 Å². The van der Waals surface area contributed by atoms with Crippen LogP contribution in [0.4, 0.5) is 5.69 Å². The Morgan fingerprint density at radius 3 is 2.88 bits per heavy atom. The molecule has 1 aromatic rings. The minimum absolute atomic E-state index is 0.0550. The number of nitrogens with zero attached hydrogens (tertiary/aromatic N) is 2. The third-order valence-electron chi connectivity index (χ3n) is 2.16. The first-order valence-electron chi connectivity index (χ1n) is 5.01. The molecule has 1 aromatic heterocycles. The van der Waals surface area contributed by atoms with Gasteiger partial charge in [0.1, 0.15) is 6.20 Å². The molecule has 1 atom stereocenters. The molecular weight excluding hydrogens is 276 g/mol. The molecule has 1 N–H and O–H groups in total. The van der Waals surface area contributed by atoms with Gasteiger partial charge in [0.15, 0.2) is 0 Å². The summed E-state index contributed by atoms with van der Waals surface area (Å²) in [5.74, 6) is 0. The summed E-state index contributed by atoms with van der Waals surface area (Å²) < 4.78 is 0.567. The summed E-state index contributed by atoms with van der Waals surface area (Å²) in [6.07, 6.45) is 2.76. The van der Waals surface area contributed by atoms with Gasteiger partial charge in [0.25, 0.3) is 5.69 Å². The van der Waals surface area contributed by atoms with Crippen LogP contribution in [0, 0.1) is 10.1 Å². The van der Waals surface area contributed by atoms with E-state index in [1.807, 2.05) is 6.92 Å². The van der Waals surface area contributed by atoms with Crippen LogP contribution in [0.25, 0.3) is 0 Å². The van der Waals surface area contributed by atoms with E-state index in [4.69, 9.17) is 0 Å². The smallest absolute Gasteiger partial charge is 0.288 e. The van der Waals surface area contributed by atoms with E-state index in [0.29, 0.717) is 23.0 Å². The SMILES string of the molecule is CCCC(O)Cc1ncc([N+](=O)[O-])cc1Br. The van der Waals surface area contributed by atoms with Crippen LogP contribution in [0.1, 0.15) is 25.5 Å². The van der Waals surface area contributed by atoms with Gasteiger partial charge in [-0.1, -0.05) is 13.3 Å². The third-order valence-corrected chi connectivity index (χ3v) is 2.85. The second kappa shape index (κ2) is 5.91. The van der Waals surface area contributed by atoms with E-state index < -0.39 is 11.0 Å². The van der Waals surface area contributed by atoms with Crippen LogP contribution in [0.5, 0.6) is 0 Å². The van der Waals surface area contributed by atoms with Crippen molar-refractivity contribution in [3.8, 4) is 0 Å². The van der Waals surface area contributed by atoms with Gasteiger partial charge in [-0.15, -0.1) is 0 Å². The average molecular weight is 289 g/mol. The summed E-state index contributed by atoms with van der Waals surface area (Å²) in [4.78, 5) is 14.0. The summed E-state index contributed by atoms with van der Waals surface area (Å²) in [6.45, 7) is 1.99. The highest BCUT2D eigenvalue weighted by Gasteiger charge is 2.13. The highest BCUT2D eigenvalue weighted by Crippen LogP contribution is 2.22. The van der Waals surface area contributed by atoms with E-state index >= 15 is 0 Å². The summed E-state index contributed by atoms with van der Waals surface area (Å²) in [5, 5.41) is 20.1. The fraction of sp³-hybridized carbons (Fsp3) is 0.500. The van der Waals surface area contributed by atoms with Gasteiger partial charge in [-0.3, -0.25) is 15.1 Å². The van der Waals surface area contributed by atoms with Crippen molar-refractivity contribution in [1.82, 2.24) is 4.98 Å². The largest absolute Gasteiger partial charge is 0.393 e. The number of aromatic nitrogens is 1. The molecule has 0 aliphatic rings. The number of nitro groups is 1. The first-order valence-corrected chi connectivity index (χ1v) is 5.80. The fourth-order valence-corrected chi connectivity index (χ4v) is 1.86. The molecule has 6 heteroatoms. The standard InChI is InChI=1S/C10H13BrN2O3/c1-2-3-8(14)5-10-9(11)4-7(6-12-10)13(15)16/h4,6,8,14H,2-3,5H2,1H3. The molecule has 88 valence electrons. The van der Waals surface area contributed by atoms with Gasteiger partial charge >= 0.3 is 0 Å². The Kier molecular flexibility index (Phi) is 4.82. The number of hydrogen-bond donors (Lipinski definition) is 1. The predicted molar refractivity (Wildman–Crippen MR) is 63.2 cm³/mol. The Balaban J connectivity index is 2.79. The highest BCUT2D eigenvalue weighted by atomic mass is 79.9. The van der Waals surface area contributed by atoms with Crippen LogP contribution in [0.3, 0.4) is 0 Å². The molecule has 0 saturated heterocycles. The lowest BCUT2D eigenvalue weighted by atomic mass is 10.1. The predicted octanol–water partition coefficient (Wildman–Crippen LogP) is 2.46. The second-order valence-electron chi connectivity index (χ2n) is 3.53. The molecule has 0 fully saturated rings. The average Bonchev–Trinajstić information content (AvgIpc) is 2.21. The molecule has 0 spiro atoms. The second-order valence-corrected chi connectivity index (χ2v) is 4.38. The maximum atomic E-state index is 10.5. The van der Waals surface area contributed by atoms with Crippen LogP contribution in [0.2, 0.25) is 0 Å². The Labute approximate surface area is 102 Å². The summed E-state index contributed by atoms with van der Waals surface area (Å²) >= 11 is 3.22. The molecule has 1 heterocycles. The zero-order valence-corrected chi connectivity index (χ0v) is 10.5. The first kappa shape index (κ1) is 13.1. The maximum absolute atomic E-state index is 10.5. The quantitative estimate of drug-likeness (QED) is 0.667. The molecule has 0 aliphatic carbocycles. The highest BCUT2D eigenvalue weighted by molar-refractivity contribution is 9.10. The number of aliphatic hydroxyl groups excluding tert-OH is 1. The van der Waals surface area contributed by atoms with Crippen molar-refractivity contribution >= 4 is 21.6 Å². The van der Waals surface area contributed by atoms with Crippen molar-refractivity contribution in [3.05, 3.63) is 32.5 Å². The van der Waals surface area contributed by atoms with E-state index in [1.54, 1.807) is 0 Å². The zero-order valence-electron chi connectivity index (χ0n) is 8.89. The van der Waals surface area contributed by atoms with Crippen LogP contribution in [0.15, 0.2) is 16.7 Å². The van der Waals surface area contributed by atoms with Crippen LogP contribution in [-0.2, 0) is 6.42 Å². The zero-order chi connectivity index (χ0) is 12.1. The van der Waals surface area contributed by atoms with Crippen LogP contribution in [-0.4, -0.2) is 21.1 Å². The normalized spacial score (nSPS) is 12.4.